The number of benzene rings is 3. The minimum atomic E-state index is -0.0509. The van der Waals surface area contributed by atoms with Crippen molar-refractivity contribution in [3.05, 3.63) is 89.0 Å². The minimum Gasteiger partial charge on any atom is -0.488 e. The van der Waals surface area contributed by atoms with Gasteiger partial charge in [-0.1, -0.05) is 54.6 Å². The Labute approximate surface area is 189 Å². The molecule has 0 spiro atoms. The predicted molar refractivity (Wildman–Crippen MR) is 123 cm³/mol. The molecule has 1 aliphatic heterocycles. The summed E-state index contributed by atoms with van der Waals surface area (Å²) in [7, 11) is 0. The lowest BCUT2D eigenvalue weighted by molar-refractivity contribution is 0.174. The van der Waals surface area contributed by atoms with Crippen LogP contribution in [0.2, 0.25) is 0 Å². The van der Waals surface area contributed by atoms with Gasteiger partial charge in [-0.3, -0.25) is 0 Å². The molecule has 1 heterocycles. The third-order valence-corrected chi connectivity index (χ3v) is 5.19. The molecule has 4 rings (SSSR count). The second-order valence-corrected chi connectivity index (χ2v) is 7.51. The van der Waals surface area contributed by atoms with E-state index in [1.807, 2.05) is 60.7 Å². The Hall–Kier alpha value is -2.73. The molecular formula is C25H28ClNO4. The number of para-hydroxylation sites is 1. The molecule has 0 saturated heterocycles. The van der Waals surface area contributed by atoms with Gasteiger partial charge in [0.15, 0.2) is 11.5 Å². The lowest BCUT2D eigenvalue weighted by atomic mass is 10.1. The molecule has 1 unspecified atom stereocenters. The monoisotopic (exact) mass is 441 g/mol. The maximum absolute atomic E-state index is 9.77. The standard InChI is InChI=1S/C25H27NO4.ClH/c1-18(12-20-10-11-23-24(13-20)30-17-29-23)26-14-21-8-5-9-22(15-27)25(21)28-16-19-6-3-2-4-7-19;/h2-11,13,18,26-27H,12,14-17H2,1H3;1H. The molecule has 3 aromatic carbocycles. The average Bonchev–Trinajstić information content (AvgIpc) is 3.25. The summed E-state index contributed by atoms with van der Waals surface area (Å²) >= 11 is 0. The maximum Gasteiger partial charge on any atom is 0.231 e. The smallest absolute Gasteiger partial charge is 0.231 e. The SMILES string of the molecule is CC(Cc1ccc2c(c1)OCO2)NCc1cccc(CO)c1OCc1ccccc1.Cl. The van der Waals surface area contributed by atoms with Crippen LogP contribution in [0.25, 0.3) is 0 Å². The normalized spacial score (nSPS) is 12.8. The third kappa shape index (κ3) is 5.91. The Morgan fingerprint density at radius 3 is 2.52 bits per heavy atom. The van der Waals surface area contributed by atoms with Crippen LogP contribution in [0.1, 0.15) is 29.2 Å². The number of aliphatic hydroxyl groups excluding tert-OH is 1. The van der Waals surface area contributed by atoms with E-state index in [9.17, 15) is 5.11 Å². The van der Waals surface area contributed by atoms with Gasteiger partial charge < -0.3 is 24.6 Å². The number of rotatable bonds is 9. The molecule has 3 aromatic rings. The average molecular weight is 442 g/mol. The molecule has 0 fully saturated rings. The summed E-state index contributed by atoms with van der Waals surface area (Å²) < 4.78 is 17.0. The van der Waals surface area contributed by atoms with Gasteiger partial charge in [0.05, 0.1) is 6.61 Å². The number of hydrogen-bond donors (Lipinski definition) is 2. The van der Waals surface area contributed by atoms with Crippen LogP contribution in [0.3, 0.4) is 0 Å². The summed E-state index contributed by atoms with van der Waals surface area (Å²) in [6, 6.07) is 22.3. The van der Waals surface area contributed by atoms with Crippen LogP contribution in [0.4, 0.5) is 0 Å². The Morgan fingerprint density at radius 1 is 0.935 bits per heavy atom. The van der Waals surface area contributed by atoms with Gasteiger partial charge >= 0.3 is 0 Å². The zero-order valence-corrected chi connectivity index (χ0v) is 18.4. The molecule has 2 N–H and O–H groups in total. The number of fused-ring (bicyclic) bond motifs is 1. The quantitative estimate of drug-likeness (QED) is 0.507. The largest absolute Gasteiger partial charge is 0.488 e. The second kappa shape index (κ2) is 11.0. The van der Waals surface area contributed by atoms with E-state index in [4.69, 9.17) is 14.2 Å². The van der Waals surface area contributed by atoms with Gasteiger partial charge in [0.25, 0.3) is 0 Å². The zero-order chi connectivity index (χ0) is 20.8. The van der Waals surface area contributed by atoms with E-state index in [2.05, 4.69) is 18.3 Å². The van der Waals surface area contributed by atoms with Gasteiger partial charge in [-0.15, -0.1) is 12.4 Å². The van der Waals surface area contributed by atoms with Crippen molar-refractivity contribution >= 4 is 12.4 Å². The fraction of sp³-hybridized carbons (Fsp3) is 0.280. The number of ether oxygens (including phenoxy) is 3. The van der Waals surface area contributed by atoms with E-state index in [-0.39, 0.29) is 25.1 Å². The highest BCUT2D eigenvalue weighted by Crippen LogP contribution is 2.33. The fourth-order valence-corrected chi connectivity index (χ4v) is 3.59. The topological polar surface area (TPSA) is 60.0 Å². The van der Waals surface area contributed by atoms with E-state index >= 15 is 0 Å². The highest BCUT2D eigenvalue weighted by atomic mass is 35.5. The van der Waals surface area contributed by atoms with E-state index in [0.717, 1.165) is 40.4 Å². The summed E-state index contributed by atoms with van der Waals surface area (Å²) in [6.45, 7) is 3.52. The van der Waals surface area contributed by atoms with Crippen LogP contribution in [0.15, 0.2) is 66.7 Å². The first-order chi connectivity index (χ1) is 14.7. The molecular weight excluding hydrogens is 414 g/mol. The number of nitrogens with one attached hydrogen (secondary N) is 1. The van der Waals surface area contributed by atoms with E-state index in [1.54, 1.807) is 0 Å². The van der Waals surface area contributed by atoms with Gasteiger partial charge in [0.1, 0.15) is 12.4 Å². The summed E-state index contributed by atoms with van der Waals surface area (Å²) in [5, 5.41) is 13.3. The van der Waals surface area contributed by atoms with Gasteiger partial charge in [-0.25, -0.2) is 0 Å². The minimum absolute atomic E-state index is 0. The molecule has 31 heavy (non-hydrogen) atoms. The van der Waals surface area contributed by atoms with Crippen molar-refractivity contribution in [1.29, 1.82) is 0 Å². The molecule has 164 valence electrons. The summed E-state index contributed by atoms with van der Waals surface area (Å²) in [5.41, 5.74) is 4.13. The van der Waals surface area contributed by atoms with Crippen LogP contribution >= 0.6 is 12.4 Å². The number of aliphatic hydroxyl groups is 1. The molecule has 0 radical (unpaired) electrons. The van der Waals surface area contributed by atoms with Crippen molar-refractivity contribution < 1.29 is 19.3 Å². The van der Waals surface area contributed by atoms with Crippen LogP contribution in [-0.2, 0) is 26.2 Å². The van der Waals surface area contributed by atoms with Gasteiger partial charge in [0, 0.05) is 23.7 Å². The van der Waals surface area contributed by atoms with E-state index < -0.39 is 0 Å². The Kier molecular flexibility index (Phi) is 8.18. The third-order valence-electron chi connectivity index (χ3n) is 5.19. The predicted octanol–water partition coefficient (Wildman–Crippen LogP) is 4.63. The number of hydrogen-bond acceptors (Lipinski definition) is 5. The van der Waals surface area contributed by atoms with Crippen LogP contribution < -0.4 is 19.5 Å². The van der Waals surface area contributed by atoms with E-state index in [0.29, 0.717) is 19.9 Å². The van der Waals surface area contributed by atoms with Crippen molar-refractivity contribution in [2.24, 2.45) is 0 Å². The molecule has 0 saturated carbocycles. The second-order valence-electron chi connectivity index (χ2n) is 7.51. The highest BCUT2D eigenvalue weighted by molar-refractivity contribution is 5.85. The Balaban J connectivity index is 0.00000272. The molecule has 0 bridgehead atoms. The van der Waals surface area contributed by atoms with Crippen molar-refractivity contribution in [3.63, 3.8) is 0 Å². The van der Waals surface area contributed by atoms with Crippen LogP contribution in [0, 0.1) is 0 Å². The molecule has 0 amide bonds. The first-order valence-electron chi connectivity index (χ1n) is 10.2. The molecule has 6 heteroatoms. The molecule has 1 aliphatic rings. The summed E-state index contributed by atoms with van der Waals surface area (Å²) in [5.74, 6) is 2.37. The van der Waals surface area contributed by atoms with Crippen molar-refractivity contribution in [2.45, 2.75) is 39.1 Å². The Bertz CT molecular complexity index is 981. The summed E-state index contributed by atoms with van der Waals surface area (Å²) in [4.78, 5) is 0. The van der Waals surface area contributed by atoms with Crippen molar-refractivity contribution in [1.82, 2.24) is 5.32 Å². The first kappa shape index (κ1) is 22.9. The van der Waals surface area contributed by atoms with Crippen LogP contribution in [-0.4, -0.2) is 17.9 Å². The number of halogens is 1. The molecule has 0 aliphatic carbocycles. The lowest BCUT2D eigenvalue weighted by Crippen LogP contribution is -2.27. The van der Waals surface area contributed by atoms with Crippen molar-refractivity contribution in [3.8, 4) is 17.2 Å². The first-order valence-corrected chi connectivity index (χ1v) is 10.2. The zero-order valence-electron chi connectivity index (χ0n) is 17.5. The van der Waals surface area contributed by atoms with Gasteiger partial charge in [-0.2, -0.15) is 0 Å². The fourth-order valence-electron chi connectivity index (χ4n) is 3.59. The van der Waals surface area contributed by atoms with E-state index in [1.165, 1.54) is 5.56 Å². The van der Waals surface area contributed by atoms with Gasteiger partial charge in [0.2, 0.25) is 6.79 Å². The summed E-state index contributed by atoms with van der Waals surface area (Å²) in [6.07, 6.45) is 0.872. The molecule has 5 nitrogen and oxygen atoms in total. The lowest BCUT2D eigenvalue weighted by Gasteiger charge is -2.18. The van der Waals surface area contributed by atoms with Crippen molar-refractivity contribution in [2.75, 3.05) is 6.79 Å². The van der Waals surface area contributed by atoms with Crippen LogP contribution in [0.5, 0.6) is 17.2 Å². The maximum atomic E-state index is 9.77. The highest BCUT2D eigenvalue weighted by Gasteiger charge is 2.15. The Morgan fingerprint density at radius 2 is 1.71 bits per heavy atom. The molecule has 1 atom stereocenters. The molecule has 0 aromatic heterocycles. The van der Waals surface area contributed by atoms with Gasteiger partial charge in [-0.05, 0) is 36.6 Å².